The van der Waals surface area contributed by atoms with Gasteiger partial charge in [0.1, 0.15) is 0 Å². The van der Waals surface area contributed by atoms with E-state index in [4.69, 9.17) is 0 Å². The lowest BCUT2D eigenvalue weighted by molar-refractivity contribution is -0.129. The number of rotatable bonds is 1. The molecule has 0 unspecified atom stereocenters. The first-order valence-electron chi connectivity index (χ1n) is 4.89. The van der Waals surface area contributed by atoms with Crippen LogP contribution in [0.3, 0.4) is 0 Å². The lowest BCUT2D eigenvalue weighted by Crippen LogP contribution is -2.43. The Bertz CT molecular complexity index is 180. The zero-order chi connectivity index (χ0) is 9.90. The Morgan fingerprint density at radius 3 is 2.31 bits per heavy atom. The summed E-state index contributed by atoms with van der Waals surface area (Å²) in [5, 5.41) is 3.11. The molecule has 1 amide bonds. The lowest BCUT2D eigenvalue weighted by Gasteiger charge is -2.26. The summed E-state index contributed by atoms with van der Waals surface area (Å²) in [6.45, 7) is 5.87. The highest BCUT2D eigenvalue weighted by atomic mass is 32.2. The Labute approximate surface area is 84.9 Å². The van der Waals surface area contributed by atoms with Gasteiger partial charge in [-0.2, -0.15) is 11.8 Å². The first-order valence-corrected chi connectivity index (χ1v) is 6.04. The van der Waals surface area contributed by atoms with Crippen LogP contribution in [-0.4, -0.2) is 23.5 Å². The molecule has 0 bridgehead atoms. The number of hydrogen-bond donors (Lipinski definition) is 1. The van der Waals surface area contributed by atoms with Crippen molar-refractivity contribution in [3.63, 3.8) is 0 Å². The molecule has 0 radical (unpaired) electrons. The molecule has 0 spiro atoms. The van der Waals surface area contributed by atoms with Crippen molar-refractivity contribution in [2.45, 2.75) is 39.7 Å². The maximum Gasteiger partial charge on any atom is 0.225 e. The van der Waals surface area contributed by atoms with Crippen LogP contribution in [0, 0.1) is 5.41 Å². The molecule has 1 heterocycles. The number of amides is 1. The van der Waals surface area contributed by atoms with Crippen molar-refractivity contribution in [2.75, 3.05) is 11.5 Å². The normalized spacial score (nSPS) is 19.9. The average Bonchev–Trinajstić information content (AvgIpc) is 2.04. The molecule has 1 rings (SSSR count). The summed E-state index contributed by atoms with van der Waals surface area (Å²) in [6, 6.07) is 0.424. The highest BCUT2D eigenvalue weighted by Crippen LogP contribution is 2.19. The first-order chi connectivity index (χ1) is 6.00. The minimum atomic E-state index is -0.245. The molecule has 1 N–H and O–H groups in total. The molecule has 13 heavy (non-hydrogen) atoms. The molecule has 76 valence electrons. The molecule has 2 nitrogen and oxygen atoms in total. The Morgan fingerprint density at radius 2 is 1.85 bits per heavy atom. The fourth-order valence-corrected chi connectivity index (χ4v) is 2.35. The van der Waals surface area contributed by atoms with Crippen LogP contribution < -0.4 is 5.32 Å². The van der Waals surface area contributed by atoms with Crippen molar-refractivity contribution in [3.05, 3.63) is 0 Å². The maximum absolute atomic E-state index is 11.6. The van der Waals surface area contributed by atoms with E-state index in [0.29, 0.717) is 6.04 Å². The van der Waals surface area contributed by atoms with Crippen molar-refractivity contribution in [1.29, 1.82) is 0 Å². The lowest BCUT2D eigenvalue weighted by atomic mass is 9.95. The van der Waals surface area contributed by atoms with Gasteiger partial charge >= 0.3 is 0 Å². The van der Waals surface area contributed by atoms with Crippen molar-refractivity contribution in [1.82, 2.24) is 5.32 Å². The minimum absolute atomic E-state index is 0.185. The van der Waals surface area contributed by atoms with Gasteiger partial charge in [0.2, 0.25) is 5.91 Å². The molecule has 1 saturated heterocycles. The van der Waals surface area contributed by atoms with Gasteiger partial charge in [0.15, 0.2) is 0 Å². The monoisotopic (exact) mass is 201 g/mol. The fourth-order valence-electron chi connectivity index (χ4n) is 1.24. The zero-order valence-electron chi connectivity index (χ0n) is 8.72. The zero-order valence-corrected chi connectivity index (χ0v) is 9.54. The van der Waals surface area contributed by atoms with Gasteiger partial charge in [-0.05, 0) is 24.3 Å². The van der Waals surface area contributed by atoms with E-state index in [1.165, 1.54) is 11.5 Å². The SMILES string of the molecule is CC(C)(C)C(=O)NC1CCSCC1. The third kappa shape index (κ3) is 3.59. The molecule has 0 saturated carbocycles. The van der Waals surface area contributed by atoms with Gasteiger partial charge in [-0.25, -0.2) is 0 Å². The highest BCUT2D eigenvalue weighted by Gasteiger charge is 2.24. The molecule has 1 aliphatic heterocycles. The van der Waals surface area contributed by atoms with Crippen molar-refractivity contribution in [3.8, 4) is 0 Å². The summed E-state index contributed by atoms with van der Waals surface area (Å²) >= 11 is 1.98. The molecule has 0 atom stereocenters. The molecule has 0 aliphatic carbocycles. The van der Waals surface area contributed by atoms with Crippen LogP contribution in [0.15, 0.2) is 0 Å². The second kappa shape index (κ2) is 4.36. The van der Waals surface area contributed by atoms with Crippen LogP contribution in [0.2, 0.25) is 0 Å². The van der Waals surface area contributed by atoms with Crippen molar-refractivity contribution in [2.24, 2.45) is 5.41 Å². The summed E-state index contributed by atoms with van der Waals surface area (Å²) in [5.41, 5.74) is -0.245. The van der Waals surface area contributed by atoms with Crippen LogP contribution in [0.5, 0.6) is 0 Å². The minimum Gasteiger partial charge on any atom is -0.353 e. The van der Waals surface area contributed by atoms with Crippen LogP contribution in [0.25, 0.3) is 0 Å². The topological polar surface area (TPSA) is 29.1 Å². The standard InChI is InChI=1S/C10H19NOS/c1-10(2,3)9(12)11-8-4-6-13-7-5-8/h8H,4-7H2,1-3H3,(H,11,12). The first kappa shape index (κ1) is 10.9. The summed E-state index contributed by atoms with van der Waals surface area (Å²) in [4.78, 5) is 11.6. The fraction of sp³-hybridized carbons (Fsp3) is 0.900. The van der Waals surface area contributed by atoms with E-state index in [0.717, 1.165) is 12.8 Å². The molecule has 0 aromatic heterocycles. The second-order valence-corrected chi connectivity index (χ2v) is 5.83. The van der Waals surface area contributed by atoms with Crippen LogP contribution in [0.4, 0.5) is 0 Å². The van der Waals surface area contributed by atoms with Crippen molar-refractivity contribution < 1.29 is 4.79 Å². The van der Waals surface area contributed by atoms with E-state index in [2.05, 4.69) is 5.32 Å². The predicted molar refractivity (Wildman–Crippen MR) is 57.9 cm³/mol. The van der Waals surface area contributed by atoms with Crippen LogP contribution in [-0.2, 0) is 4.79 Å². The molecule has 0 aromatic rings. The third-order valence-corrected chi connectivity index (χ3v) is 3.29. The second-order valence-electron chi connectivity index (χ2n) is 4.61. The molecule has 3 heteroatoms. The Balaban J connectivity index is 2.35. The molecule has 1 fully saturated rings. The number of thioether (sulfide) groups is 1. The van der Waals surface area contributed by atoms with Gasteiger partial charge in [-0.1, -0.05) is 20.8 Å². The van der Waals surface area contributed by atoms with Gasteiger partial charge in [0.25, 0.3) is 0 Å². The van der Waals surface area contributed by atoms with Crippen molar-refractivity contribution >= 4 is 17.7 Å². The number of nitrogens with one attached hydrogen (secondary N) is 1. The number of hydrogen-bond acceptors (Lipinski definition) is 2. The summed E-state index contributed by atoms with van der Waals surface area (Å²) in [7, 11) is 0. The molecular weight excluding hydrogens is 182 g/mol. The molecule has 1 aliphatic rings. The third-order valence-electron chi connectivity index (χ3n) is 2.24. The summed E-state index contributed by atoms with van der Waals surface area (Å²) in [5.74, 6) is 2.56. The van der Waals surface area contributed by atoms with E-state index in [-0.39, 0.29) is 11.3 Å². The number of carbonyl (C=O) groups is 1. The van der Waals surface area contributed by atoms with Crippen LogP contribution in [0.1, 0.15) is 33.6 Å². The Morgan fingerprint density at radius 1 is 1.31 bits per heavy atom. The van der Waals surface area contributed by atoms with Gasteiger partial charge in [0.05, 0.1) is 0 Å². The predicted octanol–water partition coefficient (Wildman–Crippen LogP) is 2.04. The molecule has 0 aromatic carbocycles. The van der Waals surface area contributed by atoms with E-state index >= 15 is 0 Å². The maximum atomic E-state index is 11.6. The van der Waals surface area contributed by atoms with Gasteiger partial charge in [0, 0.05) is 11.5 Å². The van der Waals surface area contributed by atoms with Crippen LogP contribution >= 0.6 is 11.8 Å². The van der Waals surface area contributed by atoms with E-state index < -0.39 is 0 Å². The Kier molecular flexibility index (Phi) is 3.65. The Hall–Kier alpha value is -0.180. The number of carbonyl (C=O) groups excluding carboxylic acids is 1. The summed E-state index contributed by atoms with van der Waals surface area (Å²) < 4.78 is 0. The quantitative estimate of drug-likeness (QED) is 0.703. The van der Waals surface area contributed by atoms with E-state index in [1.54, 1.807) is 0 Å². The average molecular weight is 201 g/mol. The molecular formula is C10H19NOS. The van der Waals surface area contributed by atoms with Gasteiger partial charge in [-0.3, -0.25) is 4.79 Å². The van der Waals surface area contributed by atoms with E-state index in [1.807, 2.05) is 32.5 Å². The van der Waals surface area contributed by atoms with E-state index in [9.17, 15) is 4.79 Å². The highest BCUT2D eigenvalue weighted by molar-refractivity contribution is 7.99. The van der Waals surface area contributed by atoms with Gasteiger partial charge < -0.3 is 5.32 Å². The smallest absolute Gasteiger partial charge is 0.225 e. The van der Waals surface area contributed by atoms with Gasteiger partial charge in [-0.15, -0.1) is 0 Å². The summed E-state index contributed by atoms with van der Waals surface area (Å²) in [6.07, 6.45) is 2.26. The largest absolute Gasteiger partial charge is 0.353 e.